The van der Waals surface area contributed by atoms with Gasteiger partial charge in [0.25, 0.3) is 0 Å². The van der Waals surface area contributed by atoms with Gasteiger partial charge in [0.05, 0.1) is 16.6 Å². The van der Waals surface area contributed by atoms with Crippen molar-refractivity contribution in [2.75, 3.05) is 0 Å². The van der Waals surface area contributed by atoms with E-state index in [0.29, 0.717) is 0 Å². The number of halogens is 3. The van der Waals surface area contributed by atoms with E-state index in [1.165, 1.54) is 12.4 Å². The molecule has 6 nitrogen and oxygen atoms in total. The third-order valence-electron chi connectivity index (χ3n) is 2.62. The van der Waals surface area contributed by atoms with Crippen LogP contribution in [0.25, 0.3) is 17.0 Å². The van der Waals surface area contributed by atoms with E-state index in [-0.39, 0.29) is 17.0 Å². The maximum absolute atomic E-state index is 12.6. The number of rotatable bonds is 1. The third-order valence-corrected chi connectivity index (χ3v) is 2.62. The molecule has 2 aromatic heterocycles. The molecule has 0 aliphatic carbocycles. The van der Waals surface area contributed by atoms with E-state index in [0.717, 1.165) is 16.7 Å². The van der Waals surface area contributed by atoms with Crippen molar-refractivity contribution in [3.05, 3.63) is 40.6 Å². The molecule has 98 valence electrons. The zero-order valence-corrected chi connectivity index (χ0v) is 9.19. The predicted molar refractivity (Wildman–Crippen MR) is 58.8 cm³/mol. The molecule has 0 aliphatic heterocycles. The normalized spacial score (nSPS) is 12.2. The second-order valence-corrected chi connectivity index (χ2v) is 3.80. The Bertz CT molecular complexity index is 784. The van der Waals surface area contributed by atoms with Gasteiger partial charge in [-0.2, -0.15) is 23.3 Å². The highest BCUT2D eigenvalue weighted by Crippen LogP contribution is 2.30. The Morgan fingerprint density at radius 2 is 2.05 bits per heavy atom. The van der Waals surface area contributed by atoms with Crippen LogP contribution in [0.1, 0.15) is 5.56 Å². The van der Waals surface area contributed by atoms with Gasteiger partial charge < -0.3 is 4.98 Å². The van der Waals surface area contributed by atoms with Gasteiger partial charge in [0, 0.05) is 0 Å². The number of imidazole rings is 1. The molecule has 1 aromatic carbocycles. The Balaban J connectivity index is 2.27. The van der Waals surface area contributed by atoms with Gasteiger partial charge in [-0.05, 0) is 18.2 Å². The Hall–Kier alpha value is -2.58. The average Bonchev–Trinajstić information content (AvgIpc) is 2.92. The van der Waals surface area contributed by atoms with Gasteiger partial charge in [-0.3, -0.25) is 0 Å². The van der Waals surface area contributed by atoms with Gasteiger partial charge in [0.15, 0.2) is 0 Å². The van der Waals surface area contributed by atoms with Crippen molar-refractivity contribution in [3.8, 4) is 5.95 Å². The largest absolute Gasteiger partial charge is 0.416 e. The van der Waals surface area contributed by atoms with Gasteiger partial charge >= 0.3 is 11.9 Å². The summed E-state index contributed by atoms with van der Waals surface area (Å²) in [6, 6.07) is 2.99. The highest BCUT2D eigenvalue weighted by Gasteiger charge is 2.31. The topological polar surface area (TPSA) is 79.4 Å². The molecule has 0 saturated carbocycles. The molecule has 0 aliphatic rings. The zero-order valence-electron chi connectivity index (χ0n) is 9.19. The Morgan fingerprint density at radius 3 is 2.68 bits per heavy atom. The highest BCUT2D eigenvalue weighted by atomic mass is 19.4. The maximum Gasteiger partial charge on any atom is 0.416 e. The van der Waals surface area contributed by atoms with Crippen molar-refractivity contribution < 1.29 is 13.2 Å². The number of hydrogen-bond acceptors (Lipinski definition) is 3. The van der Waals surface area contributed by atoms with Crippen molar-refractivity contribution in [2.24, 2.45) is 0 Å². The summed E-state index contributed by atoms with van der Waals surface area (Å²) in [6.45, 7) is 0. The average molecular weight is 269 g/mol. The van der Waals surface area contributed by atoms with Gasteiger partial charge in [-0.25, -0.2) is 14.5 Å². The van der Waals surface area contributed by atoms with Gasteiger partial charge in [0.1, 0.15) is 6.33 Å². The summed E-state index contributed by atoms with van der Waals surface area (Å²) in [5.41, 5.74) is -1.05. The van der Waals surface area contributed by atoms with Crippen LogP contribution in [-0.2, 0) is 6.18 Å². The van der Waals surface area contributed by atoms with Crippen molar-refractivity contribution in [1.82, 2.24) is 24.7 Å². The fourth-order valence-electron chi connectivity index (χ4n) is 1.81. The van der Waals surface area contributed by atoms with Crippen LogP contribution in [0.3, 0.4) is 0 Å². The van der Waals surface area contributed by atoms with Crippen molar-refractivity contribution in [2.45, 2.75) is 6.18 Å². The molecule has 3 rings (SSSR count). The number of hydrogen-bond donors (Lipinski definition) is 2. The first-order valence-corrected chi connectivity index (χ1v) is 5.14. The van der Waals surface area contributed by atoms with Crippen molar-refractivity contribution in [3.63, 3.8) is 0 Å². The molecule has 0 unspecified atom stereocenters. The van der Waals surface area contributed by atoms with E-state index in [9.17, 15) is 18.0 Å². The number of aromatic nitrogens is 5. The summed E-state index contributed by atoms with van der Waals surface area (Å²) >= 11 is 0. The molecule has 0 amide bonds. The first kappa shape index (κ1) is 11.5. The lowest BCUT2D eigenvalue weighted by Gasteiger charge is -2.06. The summed E-state index contributed by atoms with van der Waals surface area (Å²) in [6.07, 6.45) is -3.26. The maximum atomic E-state index is 12.6. The molecule has 9 heteroatoms. The van der Waals surface area contributed by atoms with Crippen LogP contribution >= 0.6 is 0 Å². The molecule has 3 aromatic rings. The minimum Gasteiger partial charge on any atom is -0.305 e. The van der Waals surface area contributed by atoms with Gasteiger partial charge in [-0.15, -0.1) is 0 Å². The quantitative estimate of drug-likeness (QED) is 0.701. The van der Waals surface area contributed by atoms with Crippen LogP contribution in [0.15, 0.2) is 29.3 Å². The molecule has 2 N–H and O–H groups in total. The lowest BCUT2D eigenvalue weighted by atomic mass is 10.2. The fourth-order valence-corrected chi connectivity index (χ4v) is 1.81. The number of fused-ring (bicyclic) bond motifs is 1. The zero-order chi connectivity index (χ0) is 13.6. The van der Waals surface area contributed by atoms with Crippen LogP contribution in [0, 0.1) is 0 Å². The highest BCUT2D eigenvalue weighted by molar-refractivity contribution is 5.77. The third kappa shape index (κ3) is 1.79. The van der Waals surface area contributed by atoms with Crippen LogP contribution in [0.4, 0.5) is 13.2 Å². The SMILES string of the molecule is O=c1[nH]c2cc(C(F)(F)F)ccc2n1-c1ncn[nH]1. The van der Waals surface area contributed by atoms with Crippen LogP contribution in [-0.4, -0.2) is 24.7 Å². The molecule has 0 radical (unpaired) electrons. The molecule has 0 spiro atoms. The van der Waals surface area contributed by atoms with Crippen LogP contribution in [0.2, 0.25) is 0 Å². The molecular formula is C10H6F3N5O. The van der Waals surface area contributed by atoms with Gasteiger partial charge in [-0.1, -0.05) is 0 Å². The molecule has 0 atom stereocenters. The number of nitrogens with one attached hydrogen (secondary N) is 2. The van der Waals surface area contributed by atoms with Crippen molar-refractivity contribution in [1.29, 1.82) is 0 Å². The minimum absolute atomic E-state index is 0.0798. The van der Waals surface area contributed by atoms with E-state index in [1.54, 1.807) is 0 Å². The Morgan fingerprint density at radius 1 is 1.26 bits per heavy atom. The Kier molecular flexibility index (Phi) is 2.24. The monoisotopic (exact) mass is 269 g/mol. The smallest absolute Gasteiger partial charge is 0.305 e. The molecule has 0 fully saturated rings. The summed E-state index contributed by atoms with van der Waals surface area (Å²) in [5, 5.41) is 6.07. The first-order valence-electron chi connectivity index (χ1n) is 5.14. The molecular weight excluding hydrogens is 263 g/mol. The second-order valence-electron chi connectivity index (χ2n) is 3.80. The lowest BCUT2D eigenvalue weighted by Crippen LogP contribution is -2.15. The summed E-state index contributed by atoms with van der Waals surface area (Å²) in [4.78, 5) is 17.9. The van der Waals surface area contributed by atoms with E-state index >= 15 is 0 Å². The van der Waals surface area contributed by atoms with E-state index < -0.39 is 17.4 Å². The fraction of sp³-hybridized carbons (Fsp3) is 0.100. The molecule has 0 bridgehead atoms. The van der Waals surface area contributed by atoms with Crippen LogP contribution < -0.4 is 5.69 Å². The standard InChI is InChI=1S/C10H6F3N5O/c11-10(12,13)5-1-2-7-6(3-5)16-9(19)18(7)8-14-4-15-17-8/h1-4H,(H,16,19)(H,14,15,17). The number of aromatic amines is 2. The van der Waals surface area contributed by atoms with E-state index in [4.69, 9.17) is 0 Å². The predicted octanol–water partition coefficient (Wildman–Crippen LogP) is 1.46. The summed E-state index contributed by atoms with van der Waals surface area (Å²) < 4.78 is 38.8. The number of alkyl halides is 3. The summed E-state index contributed by atoms with van der Waals surface area (Å²) in [5.74, 6) is 0.135. The van der Waals surface area contributed by atoms with Crippen molar-refractivity contribution >= 4 is 11.0 Å². The van der Waals surface area contributed by atoms with E-state index in [1.807, 2.05) is 0 Å². The van der Waals surface area contributed by atoms with E-state index in [2.05, 4.69) is 20.2 Å². The minimum atomic E-state index is -4.46. The summed E-state index contributed by atoms with van der Waals surface area (Å²) in [7, 11) is 0. The first-order chi connectivity index (χ1) is 8.97. The molecule has 19 heavy (non-hydrogen) atoms. The van der Waals surface area contributed by atoms with Crippen LogP contribution in [0.5, 0.6) is 0 Å². The molecule has 0 saturated heterocycles. The Labute approximate surface area is 102 Å². The number of H-pyrrole nitrogens is 2. The molecule has 2 heterocycles. The number of nitrogens with zero attached hydrogens (tertiary/aromatic N) is 3. The second kappa shape index (κ2) is 3.70. The lowest BCUT2D eigenvalue weighted by molar-refractivity contribution is -0.137. The number of benzene rings is 1. The van der Waals surface area contributed by atoms with Gasteiger partial charge in [0.2, 0.25) is 5.95 Å².